The van der Waals surface area contributed by atoms with Crippen molar-refractivity contribution < 1.29 is 0 Å². The highest BCUT2D eigenvalue weighted by Crippen LogP contribution is 2.20. The van der Waals surface area contributed by atoms with Crippen LogP contribution in [0.25, 0.3) is 0 Å². The molecule has 0 radical (unpaired) electrons. The fraction of sp³-hybridized carbons (Fsp3) is 0.667. The molecule has 1 aromatic rings. The van der Waals surface area contributed by atoms with E-state index in [0.717, 1.165) is 39.3 Å². The van der Waals surface area contributed by atoms with Crippen LogP contribution in [-0.2, 0) is 6.54 Å². The number of nitrogens with zero attached hydrogens (tertiary/aromatic N) is 2. The van der Waals surface area contributed by atoms with Crippen molar-refractivity contribution in [3.05, 3.63) is 35.9 Å². The summed E-state index contributed by atoms with van der Waals surface area (Å²) in [5, 5.41) is 3.45. The smallest absolute Gasteiger partial charge is 0.0281 e. The average molecular weight is 289 g/mol. The summed E-state index contributed by atoms with van der Waals surface area (Å²) in [6.45, 7) is 16.1. The minimum atomic E-state index is 0.223. The lowest BCUT2D eigenvalue weighted by Gasteiger charge is -2.45. The molecule has 118 valence electrons. The number of rotatable bonds is 6. The Labute approximate surface area is 130 Å². The summed E-state index contributed by atoms with van der Waals surface area (Å²) in [7, 11) is 0. The largest absolute Gasteiger partial charge is 0.314 e. The van der Waals surface area contributed by atoms with Crippen LogP contribution in [0.2, 0.25) is 0 Å². The van der Waals surface area contributed by atoms with Gasteiger partial charge in [0.05, 0.1) is 0 Å². The van der Waals surface area contributed by atoms with E-state index in [1.54, 1.807) is 0 Å². The molecule has 0 aromatic heterocycles. The van der Waals surface area contributed by atoms with E-state index in [0.29, 0.717) is 6.04 Å². The van der Waals surface area contributed by atoms with E-state index in [9.17, 15) is 0 Å². The van der Waals surface area contributed by atoms with E-state index in [2.05, 4.69) is 73.1 Å². The standard InChI is InChI=1S/C18H31N3/c1-16(2)20(14-17-8-6-5-7-9-17)15-18(3,4)21-12-10-19-11-13-21/h5-9,16,19H,10-15H2,1-4H3. The molecule has 3 heteroatoms. The number of piperazine rings is 1. The first-order chi connectivity index (χ1) is 9.99. The molecule has 0 aliphatic carbocycles. The van der Waals surface area contributed by atoms with Gasteiger partial charge in [-0.2, -0.15) is 0 Å². The molecule has 3 nitrogen and oxygen atoms in total. The predicted molar refractivity (Wildman–Crippen MR) is 90.5 cm³/mol. The van der Waals surface area contributed by atoms with E-state index >= 15 is 0 Å². The molecule has 0 atom stereocenters. The number of nitrogens with one attached hydrogen (secondary N) is 1. The van der Waals surface area contributed by atoms with E-state index in [4.69, 9.17) is 0 Å². The normalized spacial score (nSPS) is 17.6. The molecule has 0 amide bonds. The Morgan fingerprint density at radius 3 is 2.33 bits per heavy atom. The Balaban J connectivity index is 2.01. The van der Waals surface area contributed by atoms with Crippen LogP contribution in [-0.4, -0.2) is 54.1 Å². The van der Waals surface area contributed by atoms with E-state index in [1.165, 1.54) is 5.56 Å². The SMILES string of the molecule is CC(C)N(Cc1ccccc1)CC(C)(C)N1CCNCC1. The molecule has 0 unspecified atom stereocenters. The van der Waals surface area contributed by atoms with Gasteiger partial charge in [-0.1, -0.05) is 30.3 Å². The van der Waals surface area contributed by atoms with Gasteiger partial charge in [-0.3, -0.25) is 9.80 Å². The third-order valence-corrected chi connectivity index (χ3v) is 4.52. The van der Waals surface area contributed by atoms with E-state index in [1.807, 2.05) is 0 Å². The number of benzene rings is 1. The second-order valence-electron chi connectivity index (χ2n) is 7.03. The fourth-order valence-electron chi connectivity index (χ4n) is 3.11. The molecule has 1 aromatic carbocycles. The van der Waals surface area contributed by atoms with Crippen molar-refractivity contribution in [2.45, 2.75) is 45.8 Å². The second kappa shape index (κ2) is 7.39. The Morgan fingerprint density at radius 1 is 1.14 bits per heavy atom. The molecular weight excluding hydrogens is 258 g/mol. The Bertz CT molecular complexity index is 408. The molecule has 1 heterocycles. The van der Waals surface area contributed by atoms with Gasteiger partial charge in [0.2, 0.25) is 0 Å². The molecule has 0 spiro atoms. The zero-order valence-electron chi connectivity index (χ0n) is 14.1. The van der Waals surface area contributed by atoms with Crippen LogP contribution in [0.15, 0.2) is 30.3 Å². The highest BCUT2D eigenvalue weighted by Gasteiger charge is 2.30. The lowest BCUT2D eigenvalue weighted by molar-refractivity contribution is 0.0490. The molecule has 1 saturated heterocycles. The molecule has 1 N–H and O–H groups in total. The third-order valence-electron chi connectivity index (χ3n) is 4.52. The van der Waals surface area contributed by atoms with Crippen LogP contribution in [0.1, 0.15) is 33.3 Å². The van der Waals surface area contributed by atoms with Crippen molar-refractivity contribution in [1.29, 1.82) is 0 Å². The highest BCUT2D eigenvalue weighted by molar-refractivity contribution is 5.14. The van der Waals surface area contributed by atoms with Crippen molar-refractivity contribution in [1.82, 2.24) is 15.1 Å². The molecule has 1 aliphatic rings. The summed E-state index contributed by atoms with van der Waals surface area (Å²) in [5.74, 6) is 0. The zero-order chi connectivity index (χ0) is 15.3. The maximum atomic E-state index is 3.45. The summed E-state index contributed by atoms with van der Waals surface area (Å²) >= 11 is 0. The van der Waals surface area contributed by atoms with Crippen LogP contribution in [0, 0.1) is 0 Å². The Morgan fingerprint density at radius 2 is 1.76 bits per heavy atom. The number of hydrogen-bond donors (Lipinski definition) is 1. The average Bonchev–Trinajstić information content (AvgIpc) is 2.48. The summed E-state index contributed by atoms with van der Waals surface area (Å²) in [6, 6.07) is 11.4. The van der Waals surface area contributed by atoms with Gasteiger partial charge in [0.15, 0.2) is 0 Å². The Hall–Kier alpha value is -0.900. The van der Waals surface area contributed by atoms with Crippen LogP contribution in [0.4, 0.5) is 0 Å². The maximum Gasteiger partial charge on any atom is 0.0281 e. The van der Waals surface area contributed by atoms with Gasteiger partial charge in [-0.05, 0) is 33.3 Å². The highest BCUT2D eigenvalue weighted by atomic mass is 15.3. The minimum Gasteiger partial charge on any atom is -0.314 e. The van der Waals surface area contributed by atoms with Gasteiger partial charge < -0.3 is 5.32 Å². The van der Waals surface area contributed by atoms with Crippen LogP contribution >= 0.6 is 0 Å². The van der Waals surface area contributed by atoms with Gasteiger partial charge in [0.25, 0.3) is 0 Å². The van der Waals surface area contributed by atoms with Gasteiger partial charge in [-0.15, -0.1) is 0 Å². The minimum absolute atomic E-state index is 0.223. The first kappa shape index (κ1) is 16.5. The van der Waals surface area contributed by atoms with E-state index in [-0.39, 0.29) is 5.54 Å². The van der Waals surface area contributed by atoms with Crippen LogP contribution in [0.5, 0.6) is 0 Å². The van der Waals surface area contributed by atoms with Gasteiger partial charge in [0.1, 0.15) is 0 Å². The second-order valence-corrected chi connectivity index (χ2v) is 7.03. The molecule has 21 heavy (non-hydrogen) atoms. The van der Waals surface area contributed by atoms with Crippen molar-refractivity contribution >= 4 is 0 Å². The monoisotopic (exact) mass is 289 g/mol. The number of hydrogen-bond acceptors (Lipinski definition) is 3. The molecule has 2 rings (SSSR count). The summed E-state index contributed by atoms with van der Waals surface area (Å²) in [6.07, 6.45) is 0. The molecule has 1 aliphatic heterocycles. The molecule has 0 saturated carbocycles. The topological polar surface area (TPSA) is 18.5 Å². The van der Waals surface area contributed by atoms with Crippen molar-refractivity contribution in [3.8, 4) is 0 Å². The molecular formula is C18H31N3. The third kappa shape index (κ3) is 4.80. The lowest BCUT2D eigenvalue weighted by Crippen LogP contribution is -2.58. The van der Waals surface area contributed by atoms with Crippen molar-refractivity contribution in [2.24, 2.45) is 0 Å². The molecule has 1 fully saturated rings. The fourth-order valence-corrected chi connectivity index (χ4v) is 3.11. The van der Waals surface area contributed by atoms with Crippen molar-refractivity contribution in [3.63, 3.8) is 0 Å². The van der Waals surface area contributed by atoms with Gasteiger partial charge in [0, 0.05) is 50.8 Å². The first-order valence-corrected chi connectivity index (χ1v) is 8.23. The quantitative estimate of drug-likeness (QED) is 0.868. The van der Waals surface area contributed by atoms with E-state index < -0.39 is 0 Å². The van der Waals surface area contributed by atoms with Crippen LogP contribution in [0.3, 0.4) is 0 Å². The zero-order valence-corrected chi connectivity index (χ0v) is 14.1. The lowest BCUT2D eigenvalue weighted by atomic mass is 9.99. The molecule has 0 bridgehead atoms. The van der Waals surface area contributed by atoms with Gasteiger partial charge in [-0.25, -0.2) is 0 Å². The summed E-state index contributed by atoms with van der Waals surface area (Å²) in [4.78, 5) is 5.22. The first-order valence-electron chi connectivity index (χ1n) is 8.23. The maximum absolute atomic E-state index is 3.45. The predicted octanol–water partition coefficient (Wildman–Crippen LogP) is 2.58. The Kier molecular flexibility index (Phi) is 5.80. The van der Waals surface area contributed by atoms with Crippen molar-refractivity contribution in [2.75, 3.05) is 32.7 Å². The summed E-state index contributed by atoms with van der Waals surface area (Å²) < 4.78 is 0. The van der Waals surface area contributed by atoms with Crippen LogP contribution < -0.4 is 5.32 Å². The van der Waals surface area contributed by atoms with Gasteiger partial charge >= 0.3 is 0 Å². The summed E-state index contributed by atoms with van der Waals surface area (Å²) in [5.41, 5.74) is 1.63.